The summed E-state index contributed by atoms with van der Waals surface area (Å²) >= 11 is 0. The highest BCUT2D eigenvalue weighted by Crippen LogP contribution is 1.97. The summed E-state index contributed by atoms with van der Waals surface area (Å²) in [6.07, 6.45) is 0. The molecule has 0 aromatic heterocycles. The molecule has 0 saturated carbocycles. The first-order valence-electron chi connectivity index (χ1n) is 3.45. The summed E-state index contributed by atoms with van der Waals surface area (Å²) in [5.41, 5.74) is 0. The van der Waals surface area contributed by atoms with Gasteiger partial charge < -0.3 is 5.11 Å². The molecular formula is C6H12N2O3S. The van der Waals surface area contributed by atoms with Crippen molar-refractivity contribution in [3.8, 4) is 6.07 Å². The van der Waals surface area contributed by atoms with Crippen molar-refractivity contribution in [2.75, 3.05) is 6.61 Å². The van der Waals surface area contributed by atoms with Crippen LogP contribution in [0.3, 0.4) is 0 Å². The molecule has 0 heterocycles. The van der Waals surface area contributed by atoms with Crippen molar-refractivity contribution in [1.29, 1.82) is 5.26 Å². The zero-order chi connectivity index (χ0) is 9.78. The molecule has 0 bridgehead atoms. The number of aliphatic hydroxyl groups excluding tert-OH is 1. The summed E-state index contributed by atoms with van der Waals surface area (Å²) in [4.78, 5) is 0. The van der Waals surface area contributed by atoms with Crippen LogP contribution in [0.25, 0.3) is 0 Å². The fourth-order valence-electron chi connectivity index (χ4n) is 0.489. The fraction of sp³-hybridized carbons (Fsp3) is 0.833. The number of nitriles is 1. The minimum atomic E-state index is -3.59. The van der Waals surface area contributed by atoms with Crippen LogP contribution in [0.4, 0.5) is 0 Å². The third-order valence-corrected chi connectivity index (χ3v) is 3.05. The average Bonchev–Trinajstić information content (AvgIpc) is 2.02. The number of hydrogen-bond acceptors (Lipinski definition) is 4. The average molecular weight is 192 g/mol. The van der Waals surface area contributed by atoms with Crippen molar-refractivity contribution in [2.45, 2.75) is 25.1 Å². The lowest BCUT2D eigenvalue weighted by molar-refractivity contribution is 0.265. The smallest absolute Gasteiger partial charge is 0.228 e. The Labute approximate surface area is 72.1 Å². The predicted octanol–water partition coefficient (Wildman–Crippen LogP) is -0.801. The molecule has 1 unspecified atom stereocenters. The topological polar surface area (TPSA) is 90.2 Å². The van der Waals surface area contributed by atoms with E-state index in [9.17, 15) is 8.42 Å². The van der Waals surface area contributed by atoms with Crippen LogP contribution in [0.15, 0.2) is 0 Å². The van der Waals surface area contributed by atoms with Gasteiger partial charge in [-0.1, -0.05) is 0 Å². The van der Waals surface area contributed by atoms with Gasteiger partial charge in [-0.3, -0.25) is 0 Å². The number of sulfonamides is 1. The van der Waals surface area contributed by atoms with E-state index in [1.807, 2.05) is 0 Å². The lowest BCUT2D eigenvalue weighted by atomic mass is 10.4. The van der Waals surface area contributed by atoms with Crippen LogP contribution in [0.2, 0.25) is 0 Å². The Hall–Kier alpha value is -0.640. The number of nitrogens with zero attached hydrogens (tertiary/aromatic N) is 1. The highest BCUT2D eigenvalue weighted by molar-refractivity contribution is 7.90. The normalized spacial score (nSPS) is 16.5. The van der Waals surface area contributed by atoms with Crippen LogP contribution in [0.5, 0.6) is 0 Å². The van der Waals surface area contributed by atoms with Gasteiger partial charge in [-0.05, 0) is 13.8 Å². The summed E-state index contributed by atoms with van der Waals surface area (Å²) in [5, 5.41) is 15.8. The number of aliphatic hydroxyl groups is 1. The molecule has 0 aromatic rings. The molecule has 12 heavy (non-hydrogen) atoms. The van der Waals surface area contributed by atoms with E-state index in [0.717, 1.165) is 0 Å². The van der Waals surface area contributed by atoms with Gasteiger partial charge in [0.25, 0.3) is 0 Å². The summed E-state index contributed by atoms with van der Waals surface area (Å²) in [6.45, 7) is 2.52. The third kappa shape index (κ3) is 3.17. The van der Waals surface area contributed by atoms with Crippen LogP contribution >= 0.6 is 0 Å². The van der Waals surface area contributed by atoms with Gasteiger partial charge in [0.05, 0.1) is 12.7 Å². The van der Waals surface area contributed by atoms with Crippen LogP contribution < -0.4 is 4.72 Å². The Kier molecular flexibility index (Phi) is 4.17. The zero-order valence-electron chi connectivity index (χ0n) is 6.98. The number of nitrogens with one attached hydrogen (secondary N) is 1. The molecule has 0 aliphatic rings. The second-order valence-corrected chi connectivity index (χ2v) is 4.55. The molecular weight excluding hydrogens is 180 g/mol. The van der Waals surface area contributed by atoms with E-state index in [-0.39, 0.29) is 6.61 Å². The van der Waals surface area contributed by atoms with Gasteiger partial charge in [-0.25, -0.2) is 13.1 Å². The molecule has 0 rings (SSSR count). The standard InChI is InChI=1S/C6H12N2O3S/c1-5(4-9)8-12(10,11)6(2)3-7/h5-6,8-9H,4H2,1-2H3/t5-,6?/m0/s1. The van der Waals surface area contributed by atoms with E-state index in [2.05, 4.69) is 4.72 Å². The largest absolute Gasteiger partial charge is 0.395 e. The molecule has 0 fully saturated rings. The Bertz CT molecular complexity index is 267. The fourth-order valence-corrected chi connectivity index (χ4v) is 1.47. The van der Waals surface area contributed by atoms with Gasteiger partial charge in [0.15, 0.2) is 5.25 Å². The molecule has 0 radical (unpaired) electrons. The van der Waals surface area contributed by atoms with Gasteiger partial charge >= 0.3 is 0 Å². The van der Waals surface area contributed by atoms with E-state index in [4.69, 9.17) is 10.4 Å². The molecule has 0 spiro atoms. The maximum absolute atomic E-state index is 11.1. The monoisotopic (exact) mass is 192 g/mol. The van der Waals surface area contributed by atoms with Crippen LogP contribution in [-0.2, 0) is 10.0 Å². The van der Waals surface area contributed by atoms with Crippen molar-refractivity contribution >= 4 is 10.0 Å². The molecule has 5 nitrogen and oxygen atoms in total. The summed E-state index contributed by atoms with van der Waals surface area (Å²) in [7, 11) is -3.59. The molecule has 70 valence electrons. The zero-order valence-corrected chi connectivity index (χ0v) is 7.80. The quantitative estimate of drug-likeness (QED) is 0.610. The third-order valence-electron chi connectivity index (χ3n) is 1.29. The Morgan fingerprint density at radius 3 is 2.42 bits per heavy atom. The lowest BCUT2D eigenvalue weighted by Gasteiger charge is -2.11. The van der Waals surface area contributed by atoms with Crippen LogP contribution in [-0.4, -0.2) is 31.4 Å². The van der Waals surface area contributed by atoms with Crippen molar-refractivity contribution < 1.29 is 13.5 Å². The van der Waals surface area contributed by atoms with Crippen LogP contribution in [0, 0.1) is 11.3 Å². The van der Waals surface area contributed by atoms with Gasteiger partial charge in [0.1, 0.15) is 0 Å². The maximum Gasteiger partial charge on any atom is 0.228 e. The van der Waals surface area contributed by atoms with Gasteiger partial charge in [-0.15, -0.1) is 0 Å². The van der Waals surface area contributed by atoms with Crippen molar-refractivity contribution in [1.82, 2.24) is 4.72 Å². The first-order valence-corrected chi connectivity index (χ1v) is 5.00. The van der Waals surface area contributed by atoms with E-state index in [1.54, 1.807) is 6.07 Å². The second-order valence-electron chi connectivity index (χ2n) is 2.52. The molecule has 2 N–H and O–H groups in total. The first-order chi connectivity index (χ1) is 5.44. The van der Waals surface area contributed by atoms with Crippen molar-refractivity contribution in [2.24, 2.45) is 0 Å². The van der Waals surface area contributed by atoms with E-state index >= 15 is 0 Å². The predicted molar refractivity (Wildman–Crippen MR) is 43.7 cm³/mol. The summed E-state index contributed by atoms with van der Waals surface area (Å²) in [6, 6.07) is 1.05. The summed E-state index contributed by atoms with van der Waals surface area (Å²) in [5.74, 6) is 0. The lowest BCUT2D eigenvalue weighted by Crippen LogP contribution is -2.39. The summed E-state index contributed by atoms with van der Waals surface area (Å²) < 4.78 is 24.3. The molecule has 2 atom stereocenters. The molecule has 0 saturated heterocycles. The molecule has 6 heteroatoms. The second kappa shape index (κ2) is 4.40. The number of hydrogen-bond donors (Lipinski definition) is 2. The molecule has 0 amide bonds. The van der Waals surface area contributed by atoms with Crippen molar-refractivity contribution in [3.05, 3.63) is 0 Å². The Morgan fingerprint density at radius 2 is 2.08 bits per heavy atom. The highest BCUT2D eigenvalue weighted by atomic mass is 32.2. The minimum absolute atomic E-state index is 0.280. The van der Waals surface area contributed by atoms with Gasteiger partial charge in [-0.2, -0.15) is 5.26 Å². The SMILES string of the molecule is CC(C#N)S(=O)(=O)N[C@@H](C)CO. The van der Waals surface area contributed by atoms with Crippen LogP contribution in [0.1, 0.15) is 13.8 Å². The highest BCUT2D eigenvalue weighted by Gasteiger charge is 2.21. The number of rotatable bonds is 4. The maximum atomic E-state index is 11.1. The molecule has 0 aromatic carbocycles. The Morgan fingerprint density at radius 1 is 1.58 bits per heavy atom. The van der Waals surface area contributed by atoms with E-state index < -0.39 is 21.3 Å². The first kappa shape index (κ1) is 11.4. The molecule has 0 aliphatic heterocycles. The van der Waals surface area contributed by atoms with Gasteiger partial charge in [0.2, 0.25) is 10.0 Å². The Balaban J connectivity index is 4.36. The van der Waals surface area contributed by atoms with E-state index in [0.29, 0.717) is 0 Å². The van der Waals surface area contributed by atoms with E-state index in [1.165, 1.54) is 13.8 Å². The van der Waals surface area contributed by atoms with Crippen molar-refractivity contribution in [3.63, 3.8) is 0 Å². The van der Waals surface area contributed by atoms with Gasteiger partial charge in [0, 0.05) is 6.04 Å². The molecule has 0 aliphatic carbocycles. The minimum Gasteiger partial charge on any atom is -0.395 e.